The fourth-order valence-corrected chi connectivity index (χ4v) is 3.86. The maximum Gasteiger partial charge on any atom is 0.326 e. The molecular weight excluding hydrogens is 458 g/mol. The van der Waals surface area contributed by atoms with Gasteiger partial charge in [-0.2, -0.15) is 0 Å². The van der Waals surface area contributed by atoms with Gasteiger partial charge < -0.3 is 24.4 Å². The number of aliphatic hydroxyl groups is 1. The molecule has 0 saturated carbocycles. The molecule has 0 aromatic heterocycles. The normalized spacial score (nSPS) is 12.8. The van der Waals surface area contributed by atoms with Crippen molar-refractivity contribution in [2.75, 3.05) is 27.9 Å². The summed E-state index contributed by atoms with van der Waals surface area (Å²) in [6, 6.07) is 17.9. The van der Waals surface area contributed by atoms with Crippen LogP contribution in [0, 0.1) is 6.92 Å². The Kier molecular flexibility index (Phi) is 8.74. The Bertz CT molecular complexity index is 1210. The van der Waals surface area contributed by atoms with Gasteiger partial charge in [0.05, 0.1) is 27.9 Å². The van der Waals surface area contributed by atoms with Crippen LogP contribution < -0.4 is 19.5 Å². The largest absolute Gasteiger partial charge is 0.497 e. The molecular formula is C29H33NO6. The van der Waals surface area contributed by atoms with Crippen LogP contribution in [0.25, 0.3) is 23.3 Å². The number of hydrogen-bond acceptors (Lipinski definition) is 6. The van der Waals surface area contributed by atoms with Crippen LogP contribution in [0.15, 0.2) is 54.6 Å². The van der Waals surface area contributed by atoms with Crippen LogP contribution in [0.1, 0.15) is 29.2 Å². The number of nitrogens with one attached hydrogen (secondary N) is 1. The lowest BCUT2D eigenvalue weighted by molar-refractivity contribution is -0.145. The van der Waals surface area contributed by atoms with Crippen LogP contribution in [0.4, 0.5) is 0 Å². The monoisotopic (exact) mass is 491 g/mol. The lowest BCUT2D eigenvalue weighted by Gasteiger charge is -2.25. The number of aliphatic carboxylic acids is 1. The van der Waals surface area contributed by atoms with Crippen molar-refractivity contribution in [1.29, 1.82) is 0 Å². The molecule has 190 valence electrons. The minimum atomic E-state index is -1.49. The Hall–Kier alpha value is -3.81. The first-order valence-electron chi connectivity index (χ1n) is 11.5. The Morgan fingerprint density at radius 2 is 1.61 bits per heavy atom. The third-order valence-electron chi connectivity index (χ3n) is 6.31. The second kappa shape index (κ2) is 11.7. The zero-order valence-corrected chi connectivity index (χ0v) is 21.3. The number of carboxylic acid groups (broad SMARTS) is 1. The van der Waals surface area contributed by atoms with E-state index in [2.05, 4.69) is 24.4 Å². The number of aliphatic hydroxyl groups excluding tert-OH is 1. The van der Waals surface area contributed by atoms with Crippen molar-refractivity contribution >= 4 is 18.1 Å². The molecule has 1 unspecified atom stereocenters. The van der Waals surface area contributed by atoms with E-state index in [9.17, 15) is 15.0 Å². The lowest BCUT2D eigenvalue weighted by Crippen LogP contribution is -2.52. The molecule has 3 rings (SSSR count). The molecule has 7 heteroatoms. The van der Waals surface area contributed by atoms with E-state index in [1.54, 1.807) is 21.3 Å². The summed E-state index contributed by atoms with van der Waals surface area (Å²) in [5, 5.41) is 21.8. The summed E-state index contributed by atoms with van der Waals surface area (Å²) in [6.07, 6.45) is 4.03. The van der Waals surface area contributed by atoms with E-state index in [-0.39, 0.29) is 6.54 Å². The van der Waals surface area contributed by atoms with Gasteiger partial charge in [-0.25, -0.2) is 0 Å². The highest BCUT2D eigenvalue weighted by atomic mass is 16.5. The predicted octanol–water partition coefficient (Wildman–Crippen LogP) is 4.78. The van der Waals surface area contributed by atoms with E-state index in [0.717, 1.165) is 33.6 Å². The molecule has 1 atom stereocenters. The van der Waals surface area contributed by atoms with Crippen LogP contribution in [0.3, 0.4) is 0 Å². The smallest absolute Gasteiger partial charge is 0.326 e. The highest BCUT2D eigenvalue weighted by Gasteiger charge is 2.32. The van der Waals surface area contributed by atoms with Crippen LogP contribution in [-0.4, -0.2) is 49.7 Å². The fourth-order valence-electron chi connectivity index (χ4n) is 3.86. The van der Waals surface area contributed by atoms with E-state index in [1.165, 1.54) is 6.92 Å². The standard InChI is InChI=1S/C29H33NO6/c1-19-21(7-6-8-24(19)22-11-13-23(34-3)14-12-22)10-9-20-15-26(35-4)25(27(16-20)36-5)17-30-29(2,18-31)28(32)33/h6-16,30-31H,17-18H2,1-5H3,(H,32,33)/b10-9+. The number of methoxy groups -OCH3 is 3. The molecule has 0 aliphatic heterocycles. The third-order valence-corrected chi connectivity index (χ3v) is 6.31. The Labute approximate surface area is 212 Å². The van der Waals surface area contributed by atoms with Crippen LogP contribution in [0.2, 0.25) is 0 Å². The van der Waals surface area contributed by atoms with Crippen molar-refractivity contribution in [3.8, 4) is 28.4 Å². The van der Waals surface area contributed by atoms with E-state index in [1.807, 2.05) is 54.6 Å². The molecule has 0 amide bonds. The molecule has 3 aromatic rings. The van der Waals surface area contributed by atoms with E-state index in [4.69, 9.17) is 14.2 Å². The van der Waals surface area contributed by atoms with Crippen molar-refractivity contribution in [2.24, 2.45) is 0 Å². The van der Waals surface area contributed by atoms with Gasteiger partial charge in [0.1, 0.15) is 22.8 Å². The number of rotatable bonds is 11. The molecule has 7 nitrogen and oxygen atoms in total. The maximum atomic E-state index is 11.5. The van der Waals surface area contributed by atoms with Gasteiger partial charge >= 0.3 is 5.97 Å². The van der Waals surface area contributed by atoms with Crippen LogP contribution in [0.5, 0.6) is 17.2 Å². The number of ether oxygens (including phenoxy) is 3. The molecule has 0 radical (unpaired) electrons. The molecule has 0 aliphatic carbocycles. The van der Waals surface area contributed by atoms with Crippen LogP contribution in [-0.2, 0) is 11.3 Å². The molecule has 0 saturated heterocycles. The number of hydrogen-bond donors (Lipinski definition) is 3. The van der Waals surface area contributed by atoms with E-state index < -0.39 is 18.1 Å². The molecule has 3 N–H and O–H groups in total. The predicted molar refractivity (Wildman–Crippen MR) is 142 cm³/mol. The quantitative estimate of drug-likeness (QED) is 0.332. The van der Waals surface area contributed by atoms with Crippen molar-refractivity contribution < 1.29 is 29.2 Å². The number of carboxylic acids is 1. The highest BCUT2D eigenvalue weighted by molar-refractivity contribution is 5.79. The highest BCUT2D eigenvalue weighted by Crippen LogP contribution is 2.33. The molecule has 0 aliphatic rings. The van der Waals surface area contributed by atoms with Gasteiger partial charge in [-0.1, -0.05) is 42.5 Å². The van der Waals surface area contributed by atoms with Gasteiger partial charge in [0, 0.05) is 12.1 Å². The fraction of sp³-hybridized carbons (Fsp3) is 0.276. The van der Waals surface area contributed by atoms with Gasteiger partial charge in [-0.05, 0) is 65.9 Å². The van der Waals surface area contributed by atoms with Gasteiger partial charge in [0.2, 0.25) is 0 Å². The van der Waals surface area contributed by atoms with Gasteiger partial charge in [-0.15, -0.1) is 0 Å². The third kappa shape index (κ3) is 5.87. The van der Waals surface area contributed by atoms with Gasteiger partial charge in [0.15, 0.2) is 0 Å². The Balaban J connectivity index is 1.90. The van der Waals surface area contributed by atoms with Gasteiger partial charge in [0.25, 0.3) is 0 Å². The molecule has 36 heavy (non-hydrogen) atoms. The minimum absolute atomic E-state index is 0.142. The Morgan fingerprint density at radius 3 is 2.14 bits per heavy atom. The topological polar surface area (TPSA) is 97.2 Å². The number of benzene rings is 3. The summed E-state index contributed by atoms with van der Waals surface area (Å²) in [4.78, 5) is 11.5. The lowest BCUT2D eigenvalue weighted by atomic mass is 9.95. The summed E-state index contributed by atoms with van der Waals surface area (Å²) in [5.74, 6) is 0.777. The molecule has 0 heterocycles. The minimum Gasteiger partial charge on any atom is -0.497 e. The first-order chi connectivity index (χ1) is 17.3. The average Bonchev–Trinajstić information content (AvgIpc) is 2.90. The van der Waals surface area contributed by atoms with Crippen molar-refractivity contribution in [1.82, 2.24) is 5.32 Å². The van der Waals surface area contributed by atoms with Gasteiger partial charge in [-0.3, -0.25) is 10.1 Å². The summed E-state index contributed by atoms with van der Waals surface area (Å²) >= 11 is 0. The zero-order valence-electron chi connectivity index (χ0n) is 21.3. The number of carbonyl (C=O) groups is 1. The van der Waals surface area contributed by atoms with E-state index in [0.29, 0.717) is 17.1 Å². The molecule has 3 aromatic carbocycles. The summed E-state index contributed by atoms with van der Waals surface area (Å²) in [5.41, 5.74) is 4.52. The maximum absolute atomic E-state index is 11.5. The van der Waals surface area contributed by atoms with Crippen LogP contribution >= 0.6 is 0 Å². The summed E-state index contributed by atoms with van der Waals surface area (Å²) in [7, 11) is 4.76. The molecule has 0 fully saturated rings. The zero-order chi connectivity index (χ0) is 26.3. The van der Waals surface area contributed by atoms with Crippen molar-refractivity contribution in [2.45, 2.75) is 25.9 Å². The second-order valence-electron chi connectivity index (χ2n) is 8.63. The second-order valence-corrected chi connectivity index (χ2v) is 8.63. The SMILES string of the molecule is COc1ccc(-c2cccc(/C=C/c3cc(OC)c(CNC(C)(CO)C(=O)O)c(OC)c3)c2C)cc1. The van der Waals surface area contributed by atoms with Crippen molar-refractivity contribution in [3.63, 3.8) is 0 Å². The molecule has 0 spiro atoms. The molecule has 0 bridgehead atoms. The summed E-state index contributed by atoms with van der Waals surface area (Å²) < 4.78 is 16.4. The van der Waals surface area contributed by atoms with Crippen molar-refractivity contribution in [3.05, 3.63) is 76.9 Å². The summed E-state index contributed by atoms with van der Waals surface area (Å²) in [6.45, 7) is 3.11. The first-order valence-corrected chi connectivity index (χ1v) is 11.5. The Morgan fingerprint density at radius 1 is 0.972 bits per heavy atom. The van der Waals surface area contributed by atoms with E-state index >= 15 is 0 Å². The average molecular weight is 492 g/mol. The first kappa shape index (κ1) is 26.8.